The zero-order chi connectivity index (χ0) is 20.7. The molecule has 0 bridgehead atoms. The second kappa shape index (κ2) is 7.59. The van der Waals surface area contributed by atoms with E-state index in [2.05, 4.69) is 69.6 Å². The van der Waals surface area contributed by atoms with Gasteiger partial charge in [-0.2, -0.15) is 9.78 Å². The van der Waals surface area contributed by atoms with Crippen molar-refractivity contribution in [2.45, 2.75) is 40.2 Å². The number of benzene rings is 2. The molecular formula is C23H23BrN4O. The molecule has 0 aliphatic heterocycles. The number of fused-ring (bicyclic) bond motifs is 2. The Labute approximate surface area is 177 Å². The third-order valence-electron chi connectivity index (χ3n) is 5.51. The SMILES string of the molecule is CC[C@@H](C)n1c(C)c(C=Nn2c(C)nc3ccc(Br)cc3c2=O)c2ccccc21. The molecule has 2 heterocycles. The number of hydrogen-bond acceptors (Lipinski definition) is 3. The number of para-hydroxylation sites is 1. The molecule has 2 aromatic carbocycles. The Bertz CT molecular complexity index is 1320. The third-order valence-corrected chi connectivity index (χ3v) is 6.00. The quantitative estimate of drug-likeness (QED) is 0.380. The van der Waals surface area contributed by atoms with Crippen LogP contribution in [0.4, 0.5) is 0 Å². The van der Waals surface area contributed by atoms with Gasteiger partial charge in [0, 0.05) is 32.7 Å². The zero-order valence-corrected chi connectivity index (χ0v) is 18.6. The third kappa shape index (κ3) is 3.31. The second-order valence-electron chi connectivity index (χ2n) is 7.33. The lowest BCUT2D eigenvalue weighted by molar-refractivity contribution is 0.537. The van der Waals surface area contributed by atoms with Crippen molar-refractivity contribution >= 4 is 44.0 Å². The van der Waals surface area contributed by atoms with Crippen LogP contribution in [-0.4, -0.2) is 20.4 Å². The van der Waals surface area contributed by atoms with Crippen molar-refractivity contribution in [1.29, 1.82) is 0 Å². The smallest absolute Gasteiger partial charge is 0.282 e. The van der Waals surface area contributed by atoms with Gasteiger partial charge in [-0.05, 0) is 51.5 Å². The highest BCUT2D eigenvalue weighted by molar-refractivity contribution is 9.10. The minimum absolute atomic E-state index is 0.173. The Hall–Kier alpha value is -2.73. The van der Waals surface area contributed by atoms with Gasteiger partial charge in [0.15, 0.2) is 0 Å². The van der Waals surface area contributed by atoms with E-state index in [1.807, 2.05) is 18.2 Å². The molecule has 4 aromatic rings. The fraction of sp³-hybridized carbons (Fsp3) is 0.261. The molecule has 4 rings (SSSR count). The molecule has 0 aliphatic carbocycles. The van der Waals surface area contributed by atoms with Gasteiger partial charge in [-0.15, -0.1) is 0 Å². The summed E-state index contributed by atoms with van der Waals surface area (Å²) in [5, 5.41) is 6.23. The Morgan fingerprint density at radius 2 is 1.93 bits per heavy atom. The van der Waals surface area contributed by atoms with E-state index in [0.717, 1.165) is 27.5 Å². The van der Waals surface area contributed by atoms with Crippen molar-refractivity contribution < 1.29 is 0 Å². The maximum Gasteiger partial charge on any atom is 0.282 e. The lowest BCUT2D eigenvalue weighted by Crippen LogP contribution is -2.20. The second-order valence-corrected chi connectivity index (χ2v) is 8.24. The molecule has 6 heteroatoms. The zero-order valence-electron chi connectivity index (χ0n) is 17.0. The van der Waals surface area contributed by atoms with E-state index in [-0.39, 0.29) is 5.56 Å². The van der Waals surface area contributed by atoms with Crippen LogP contribution in [0.15, 0.2) is 56.8 Å². The first-order chi connectivity index (χ1) is 13.9. The van der Waals surface area contributed by atoms with Crippen LogP contribution in [0.25, 0.3) is 21.8 Å². The summed E-state index contributed by atoms with van der Waals surface area (Å²) in [5.41, 5.74) is 3.86. The molecule has 0 saturated heterocycles. The molecule has 5 nitrogen and oxygen atoms in total. The van der Waals surface area contributed by atoms with Gasteiger partial charge >= 0.3 is 0 Å². The summed E-state index contributed by atoms with van der Waals surface area (Å²) in [6.07, 6.45) is 2.83. The predicted molar refractivity (Wildman–Crippen MR) is 123 cm³/mol. The van der Waals surface area contributed by atoms with Crippen LogP contribution >= 0.6 is 15.9 Å². The van der Waals surface area contributed by atoms with Crippen molar-refractivity contribution in [1.82, 2.24) is 14.2 Å². The Morgan fingerprint density at radius 3 is 2.69 bits per heavy atom. The first kappa shape index (κ1) is 19.6. The summed E-state index contributed by atoms with van der Waals surface area (Å²) in [5.74, 6) is 0.560. The van der Waals surface area contributed by atoms with Crippen LogP contribution in [-0.2, 0) is 0 Å². The fourth-order valence-electron chi connectivity index (χ4n) is 3.84. The summed E-state index contributed by atoms with van der Waals surface area (Å²) in [6.45, 7) is 8.32. The van der Waals surface area contributed by atoms with Gasteiger partial charge < -0.3 is 4.57 Å². The molecule has 2 aromatic heterocycles. The Morgan fingerprint density at radius 1 is 1.17 bits per heavy atom. The van der Waals surface area contributed by atoms with Gasteiger partial charge in [-0.25, -0.2) is 4.98 Å². The fourth-order valence-corrected chi connectivity index (χ4v) is 4.20. The highest BCUT2D eigenvalue weighted by atomic mass is 79.9. The molecule has 0 unspecified atom stereocenters. The summed E-state index contributed by atoms with van der Waals surface area (Å²) < 4.78 is 4.57. The van der Waals surface area contributed by atoms with Crippen molar-refractivity contribution in [3.05, 3.63) is 74.4 Å². The van der Waals surface area contributed by atoms with Crippen LogP contribution < -0.4 is 5.56 Å². The highest BCUT2D eigenvalue weighted by Gasteiger charge is 2.16. The maximum atomic E-state index is 13.0. The van der Waals surface area contributed by atoms with Crippen molar-refractivity contribution in [3.8, 4) is 0 Å². The average molecular weight is 451 g/mol. The number of aryl methyl sites for hydroxylation is 1. The van der Waals surface area contributed by atoms with Crippen molar-refractivity contribution in [3.63, 3.8) is 0 Å². The van der Waals surface area contributed by atoms with Gasteiger partial charge in [0.25, 0.3) is 5.56 Å². The minimum Gasteiger partial charge on any atom is -0.341 e. The molecule has 0 aliphatic rings. The van der Waals surface area contributed by atoms with E-state index >= 15 is 0 Å². The van der Waals surface area contributed by atoms with Gasteiger partial charge in [0.1, 0.15) is 5.82 Å². The van der Waals surface area contributed by atoms with Crippen LogP contribution in [0.1, 0.15) is 43.4 Å². The number of nitrogens with zero attached hydrogens (tertiary/aromatic N) is 4. The maximum absolute atomic E-state index is 13.0. The molecule has 148 valence electrons. The van der Waals surface area contributed by atoms with E-state index < -0.39 is 0 Å². The van der Waals surface area contributed by atoms with E-state index in [1.165, 1.54) is 10.2 Å². The molecular weight excluding hydrogens is 428 g/mol. The highest BCUT2D eigenvalue weighted by Crippen LogP contribution is 2.29. The van der Waals surface area contributed by atoms with Gasteiger partial charge in [0.05, 0.1) is 17.1 Å². The Kier molecular flexibility index (Phi) is 5.13. The Balaban J connectivity index is 1.90. The molecule has 0 saturated carbocycles. The predicted octanol–water partition coefficient (Wildman–Crippen LogP) is 5.58. The van der Waals surface area contributed by atoms with Crippen molar-refractivity contribution in [2.24, 2.45) is 5.10 Å². The summed E-state index contributed by atoms with van der Waals surface area (Å²) in [6, 6.07) is 14.2. The largest absolute Gasteiger partial charge is 0.341 e. The van der Waals surface area contributed by atoms with Crippen LogP contribution in [0.5, 0.6) is 0 Å². The van der Waals surface area contributed by atoms with Crippen LogP contribution in [0.2, 0.25) is 0 Å². The minimum atomic E-state index is -0.173. The first-order valence-corrected chi connectivity index (χ1v) is 10.5. The molecule has 1 atom stereocenters. The van der Waals surface area contributed by atoms with Crippen LogP contribution in [0, 0.1) is 13.8 Å². The molecule has 0 fully saturated rings. The van der Waals surface area contributed by atoms with Gasteiger partial charge in [-0.3, -0.25) is 4.79 Å². The topological polar surface area (TPSA) is 52.2 Å². The van der Waals surface area contributed by atoms with E-state index in [1.54, 1.807) is 19.2 Å². The summed E-state index contributed by atoms with van der Waals surface area (Å²) in [7, 11) is 0. The van der Waals surface area contributed by atoms with E-state index in [0.29, 0.717) is 22.8 Å². The number of hydrogen-bond donors (Lipinski definition) is 0. The van der Waals surface area contributed by atoms with Crippen molar-refractivity contribution in [2.75, 3.05) is 0 Å². The average Bonchev–Trinajstić information content (AvgIpc) is 2.99. The van der Waals surface area contributed by atoms with Gasteiger partial charge in [-0.1, -0.05) is 41.1 Å². The van der Waals surface area contributed by atoms with E-state index in [4.69, 9.17) is 0 Å². The molecule has 0 radical (unpaired) electrons. The molecule has 0 amide bonds. The summed E-state index contributed by atoms with van der Waals surface area (Å²) in [4.78, 5) is 17.6. The number of rotatable bonds is 4. The normalized spacial score (nSPS) is 13.0. The standard InChI is InChI=1S/C23H23BrN4O/c1-5-14(2)27-15(3)20(18-8-6-7-9-22(18)27)13-25-28-16(4)26-21-11-10-17(24)12-19(21)23(28)29/h6-14H,5H2,1-4H3/t14-/m1/s1. The number of aromatic nitrogens is 3. The monoisotopic (exact) mass is 450 g/mol. The molecule has 29 heavy (non-hydrogen) atoms. The summed E-state index contributed by atoms with van der Waals surface area (Å²) >= 11 is 3.43. The first-order valence-electron chi connectivity index (χ1n) is 9.75. The van der Waals surface area contributed by atoms with Gasteiger partial charge in [0.2, 0.25) is 0 Å². The lowest BCUT2D eigenvalue weighted by Gasteiger charge is -2.15. The van der Waals surface area contributed by atoms with Crippen LogP contribution in [0.3, 0.4) is 0 Å². The number of halogens is 1. The molecule has 0 spiro atoms. The molecule has 0 N–H and O–H groups in total. The lowest BCUT2D eigenvalue weighted by atomic mass is 10.1. The van der Waals surface area contributed by atoms with E-state index in [9.17, 15) is 4.79 Å².